The summed E-state index contributed by atoms with van der Waals surface area (Å²) in [6, 6.07) is 5.80. The van der Waals surface area contributed by atoms with Gasteiger partial charge in [-0.2, -0.15) is 5.10 Å². The molecule has 0 fully saturated rings. The van der Waals surface area contributed by atoms with E-state index in [0.29, 0.717) is 9.39 Å². The summed E-state index contributed by atoms with van der Waals surface area (Å²) in [6.45, 7) is 0. The molecule has 0 bridgehead atoms. The van der Waals surface area contributed by atoms with E-state index in [4.69, 9.17) is 0 Å². The molecule has 2 rings (SSSR count). The average Bonchev–Trinajstić information content (AvgIpc) is 2.75. The van der Waals surface area contributed by atoms with Crippen molar-refractivity contribution in [2.75, 3.05) is 5.32 Å². The summed E-state index contributed by atoms with van der Waals surface area (Å²) < 4.78 is 2.14. The lowest BCUT2D eigenvalue weighted by Gasteiger charge is -2.06. The van der Waals surface area contributed by atoms with Gasteiger partial charge in [0.2, 0.25) is 0 Å². The number of carbonyl (C=O) groups excluding carboxylic acids is 1. The van der Waals surface area contributed by atoms with Gasteiger partial charge in [-0.05, 0) is 28.7 Å². The van der Waals surface area contributed by atoms with Crippen molar-refractivity contribution in [1.82, 2.24) is 9.78 Å². The number of anilines is 1. The zero-order valence-corrected chi connectivity index (χ0v) is 12.0. The summed E-state index contributed by atoms with van der Waals surface area (Å²) in [4.78, 5) is 22.3. The SMILES string of the molecule is Cn1nccc1NC(=O)c1cc([N+](=O)[O-])ccc1I. The van der Waals surface area contributed by atoms with Crippen LogP contribution in [0.3, 0.4) is 0 Å². The molecule has 1 N–H and O–H groups in total. The molecule has 1 aromatic heterocycles. The van der Waals surface area contributed by atoms with Crippen molar-refractivity contribution in [2.24, 2.45) is 7.05 Å². The van der Waals surface area contributed by atoms with E-state index >= 15 is 0 Å². The van der Waals surface area contributed by atoms with Crippen LogP contribution in [0.4, 0.5) is 11.5 Å². The first-order chi connectivity index (χ1) is 8.99. The van der Waals surface area contributed by atoms with Crippen LogP contribution in [0.15, 0.2) is 30.5 Å². The standard InChI is InChI=1S/C11H9IN4O3/c1-15-10(4-5-13-15)14-11(17)8-6-7(16(18)19)2-3-9(8)12/h2-6H,1H3,(H,14,17). The van der Waals surface area contributed by atoms with Crippen molar-refractivity contribution in [2.45, 2.75) is 0 Å². The Labute approximate surface area is 121 Å². The highest BCUT2D eigenvalue weighted by molar-refractivity contribution is 14.1. The number of nitro benzene ring substituents is 1. The number of nitrogens with one attached hydrogen (secondary N) is 1. The Balaban J connectivity index is 2.31. The second kappa shape index (κ2) is 5.34. The van der Waals surface area contributed by atoms with Crippen molar-refractivity contribution < 1.29 is 9.72 Å². The van der Waals surface area contributed by atoms with E-state index < -0.39 is 10.8 Å². The smallest absolute Gasteiger partial charge is 0.270 e. The molecule has 0 spiro atoms. The molecule has 0 atom stereocenters. The van der Waals surface area contributed by atoms with Gasteiger partial charge in [0, 0.05) is 28.8 Å². The lowest BCUT2D eigenvalue weighted by atomic mass is 10.2. The summed E-state index contributed by atoms with van der Waals surface area (Å²) >= 11 is 1.96. The summed E-state index contributed by atoms with van der Waals surface area (Å²) in [7, 11) is 1.69. The fourth-order valence-electron chi connectivity index (χ4n) is 1.48. The van der Waals surface area contributed by atoms with E-state index in [0.717, 1.165) is 0 Å². The lowest BCUT2D eigenvalue weighted by molar-refractivity contribution is -0.384. The summed E-state index contributed by atoms with van der Waals surface area (Å²) in [5.74, 6) is 0.115. The van der Waals surface area contributed by atoms with E-state index in [1.165, 1.54) is 22.9 Å². The second-order valence-electron chi connectivity index (χ2n) is 3.72. The molecule has 1 heterocycles. The minimum Gasteiger partial charge on any atom is -0.307 e. The minimum absolute atomic E-state index is 0.115. The van der Waals surface area contributed by atoms with Crippen LogP contribution in [0.2, 0.25) is 0 Å². The minimum atomic E-state index is -0.531. The van der Waals surface area contributed by atoms with Gasteiger partial charge in [-0.3, -0.25) is 19.6 Å². The van der Waals surface area contributed by atoms with Gasteiger partial charge in [-0.25, -0.2) is 0 Å². The van der Waals surface area contributed by atoms with Gasteiger partial charge >= 0.3 is 0 Å². The van der Waals surface area contributed by atoms with Crippen molar-refractivity contribution in [3.05, 3.63) is 49.7 Å². The summed E-state index contributed by atoms with van der Waals surface area (Å²) in [5.41, 5.74) is 0.145. The molecule has 1 aromatic carbocycles. The molecule has 0 aliphatic heterocycles. The number of hydrogen-bond acceptors (Lipinski definition) is 4. The van der Waals surface area contributed by atoms with E-state index in [-0.39, 0.29) is 11.3 Å². The van der Waals surface area contributed by atoms with E-state index in [1.807, 2.05) is 22.6 Å². The number of benzene rings is 1. The highest BCUT2D eigenvalue weighted by Crippen LogP contribution is 2.20. The van der Waals surface area contributed by atoms with Crippen LogP contribution in [0.25, 0.3) is 0 Å². The Morgan fingerprint density at radius 1 is 1.47 bits per heavy atom. The molecule has 8 heteroatoms. The number of hydrogen-bond donors (Lipinski definition) is 1. The molecule has 0 aliphatic carbocycles. The van der Waals surface area contributed by atoms with E-state index in [9.17, 15) is 14.9 Å². The Bertz CT molecular complexity index is 653. The molecule has 0 radical (unpaired) electrons. The van der Waals surface area contributed by atoms with Crippen LogP contribution in [0.1, 0.15) is 10.4 Å². The van der Waals surface area contributed by atoms with Crippen LogP contribution in [0, 0.1) is 13.7 Å². The molecular formula is C11H9IN4O3. The highest BCUT2D eigenvalue weighted by atomic mass is 127. The summed E-state index contributed by atoms with van der Waals surface area (Å²) in [5, 5.41) is 17.3. The van der Waals surface area contributed by atoms with Gasteiger partial charge in [0.15, 0.2) is 0 Å². The van der Waals surface area contributed by atoms with Crippen molar-refractivity contribution in [1.29, 1.82) is 0 Å². The first-order valence-corrected chi connectivity index (χ1v) is 6.30. The van der Waals surface area contributed by atoms with Crippen molar-refractivity contribution in [3.63, 3.8) is 0 Å². The largest absolute Gasteiger partial charge is 0.307 e. The van der Waals surface area contributed by atoms with Crippen LogP contribution in [0.5, 0.6) is 0 Å². The highest BCUT2D eigenvalue weighted by Gasteiger charge is 2.16. The van der Waals surface area contributed by atoms with Crippen LogP contribution in [-0.4, -0.2) is 20.6 Å². The number of aryl methyl sites for hydroxylation is 1. The van der Waals surface area contributed by atoms with Gasteiger partial charge in [-0.15, -0.1) is 0 Å². The predicted molar refractivity (Wildman–Crippen MR) is 77.0 cm³/mol. The van der Waals surface area contributed by atoms with Crippen molar-refractivity contribution in [3.8, 4) is 0 Å². The normalized spacial score (nSPS) is 10.2. The number of rotatable bonds is 3. The maximum atomic E-state index is 12.1. The molecule has 1 amide bonds. The second-order valence-corrected chi connectivity index (χ2v) is 4.88. The van der Waals surface area contributed by atoms with Gasteiger partial charge in [0.1, 0.15) is 5.82 Å². The van der Waals surface area contributed by atoms with Gasteiger partial charge in [0.05, 0.1) is 16.7 Å². The molecule has 98 valence electrons. The van der Waals surface area contributed by atoms with Crippen LogP contribution >= 0.6 is 22.6 Å². The molecule has 7 nitrogen and oxygen atoms in total. The Morgan fingerprint density at radius 2 is 2.21 bits per heavy atom. The number of aromatic nitrogens is 2. The fraction of sp³-hybridized carbons (Fsp3) is 0.0909. The fourth-order valence-corrected chi connectivity index (χ4v) is 2.06. The molecular weight excluding hydrogens is 363 g/mol. The lowest BCUT2D eigenvalue weighted by Crippen LogP contribution is -2.16. The van der Waals surface area contributed by atoms with Crippen molar-refractivity contribution >= 4 is 40.0 Å². The number of carbonyl (C=O) groups is 1. The Hall–Kier alpha value is -1.97. The average molecular weight is 372 g/mol. The third kappa shape index (κ3) is 2.89. The number of nitrogens with zero attached hydrogens (tertiary/aromatic N) is 3. The Kier molecular flexibility index (Phi) is 3.79. The molecule has 0 saturated heterocycles. The van der Waals surface area contributed by atoms with E-state index in [1.54, 1.807) is 19.3 Å². The molecule has 0 aliphatic rings. The number of non-ortho nitro benzene ring substituents is 1. The molecule has 2 aromatic rings. The maximum Gasteiger partial charge on any atom is 0.270 e. The number of nitro groups is 1. The monoisotopic (exact) mass is 372 g/mol. The third-order valence-electron chi connectivity index (χ3n) is 2.47. The number of amides is 1. The molecule has 0 saturated carbocycles. The molecule has 19 heavy (non-hydrogen) atoms. The third-order valence-corrected chi connectivity index (χ3v) is 3.41. The van der Waals surface area contributed by atoms with Gasteiger partial charge in [0.25, 0.3) is 11.6 Å². The van der Waals surface area contributed by atoms with Gasteiger partial charge in [-0.1, -0.05) is 0 Å². The van der Waals surface area contributed by atoms with E-state index in [2.05, 4.69) is 10.4 Å². The quantitative estimate of drug-likeness (QED) is 0.508. The zero-order chi connectivity index (χ0) is 14.0. The van der Waals surface area contributed by atoms with Crippen LogP contribution < -0.4 is 5.32 Å². The first kappa shape index (κ1) is 13.5. The molecule has 0 unspecified atom stereocenters. The van der Waals surface area contributed by atoms with Crippen LogP contribution in [-0.2, 0) is 7.05 Å². The summed E-state index contributed by atoms with van der Waals surface area (Å²) in [6.07, 6.45) is 1.55. The topological polar surface area (TPSA) is 90.1 Å². The van der Waals surface area contributed by atoms with Gasteiger partial charge < -0.3 is 5.32 Å². The number of halogens is 1. The zero-order valence-electron chi connectivity index (χ0n) is 9.83. The first-order valence-electron chi connectivity index (χ1n) is 5.22. The predicted octanol–water partition coefficient (Wildman–Crippen LogP) is 2.19. The Morgan fingerprint density at radius 3 is 2.79 bits per heavy atom. The maximum absolute atomic E-state index is 12.1.